The predicted octanol–water partition coefficient (Wildman–Crippen LogP) is 0.947. The second-order valence-corrected chi connectivity index (χ2v) is 4.16. The van der Waals surface area contributed by atoms with Gasteiger partial charge in [-0.25, -0.2) is 4.79 Å². The van der Waals surface area contributed by atoms with E-state index < -0.39 is 18.0 Å². The van der Waals surface area contributed by atoms with E-state index in [0.29, 0.717) is 5.92 Å². The molecule has 0 radical (unpaired) electrons. The van der Waals surface area contributed by atoms with Crippen LogP contribution in [0.25, 0.3) is 0 Å². The highest BCUT2D eigenvalue weighted by Crippen LogP contribution is 2.29. The monoisotopic (exact) mass is 214 g/mol. The Hall–Kier alpha value is -1.26. The Labute approximate surface area is 89.2 Å². The van der Waals surface area contributed by atoms with E-state index in [4.69, 9.17) is 5.11 Å². The molecular weight excluding hydrogens is 196 g/mol. The summed E-state index contributed by atoms with van der Waals surface area (Å²) in [6.07, 6.45) is 3.52. The molecule has 3 N–H and O–H groups in total. The fourth-order valence-corrected chi connectivity index (χ4v) is 1.56. The van der Waals surface area contributed by atoms with Crippen molar-refractivity contribution >= 4 is 12.0 Å². The molecule has 2 atom stereocenters. The third-order valence-corrected chi connectivity index (χ3v) is 2.93. The average Bonchev–Trinajstić information content (AvgIpc) is 1.99. The topological polar surface area (TPSA) is 78.4 Å². The van der Waals surface area contributed by atoms with Gasteiger partial charge in [-0.2, -0.15) is 0 Å². The summed E-state index contributed by atoms with van der Waals surface area (Å²) in [4.78, 5) is 21.8. The number of hydrogen-bond acceptors (Lipinski definition) is 2. The maximum Gasteiger partial charge on any atom is 0.325 e. The zero-order valence-electron chi connectivity index (χ0n) is 9.12. The number of hydrogen-bond donors (Lipinski definition) is 3. The van der Waals surface area contributed by atoms with Crippen LogP contribution in [0.15, 0.2) is 0 Å². The molecule has 1 aliphatic carbocycles. The smallest absolute Gasteiger partial charge is 0.325 e. The molecule has 5 nitrogen and oxygen atoms in total. The molecule has 15 heavy (non-hydrogen) atoms. The van der Waals surface area contributed by atoms with E-state index in [9.17, 15) is 9.59 Å². The summed E-state index contributed by atoms with van der Waals surface area (Å²) in [6, 6.07) is -1.12. The Balaban J connectivity index is 2.25. The summed E-state index contributed by atoms with van der Waals surface area (Å²) < 4.78 is 0. The van der Waals surface area contributed by atoms with Crippen LogP contribution >= 0.6 is 0 Å². The molecule has 2 unspecified atom stereocenters. The second-order valence-electron chi connectivity index (χ2n) is 4.16. The van der Waals surface area contributed by atoms with Gasteiger partial charge in [0.1, 0.15) is 6.04 Å². The van der Waals surface area contributed by atoms with Gasteiger partial charge in [0, 0.05) is 6.04 Å². The zero-order chi connectivity index (χ0) is 11.4. The van der Waals surface area contributed by atoms with Crippen LogP contribution in [0.3, 0.4) is 0 Å². The van der Waals surface area contributed by atoms with Crippen LogP contribution in [-0.4, -0.2) is 29.2 Å². The second kappa shape index (κ2) is 5.00. The van der Waals surface area contributed by atoms with Crippen LogP contribution in [0.5, 0.6) is 0 Å². The van der Waals surface area contributed by atoms with Crippen molar-refractivity contribution in [3.63, 3.8) is 0 Å². The number of amides is 2. The molecule has 0 bridgehead atoms. The van der Waals surface area contributed by atoms with Crippen molar-refractivity contribution in [1.29, 1.82) is 0 Å². The van der Waals surface area contributed by atoms with Crippen molar-refractivity contribution < 1.29 is 14.7 Å². The molecular formula is C10H18N2O3. The van der Waals surface area contributed by atoms with E-state index in [2.05, 4.69) is 10.6 Å². The Morgan fingerprint density at radius 1 is 1.27 bits per heavy atom. The van der Waals surface area contributed by atoms with E-state index >= 15 is 0 Å². The van der Waals surface area contributed by atoms with Crippen molar-refractivity contribution in [1.82, 2.24) is 10.6 Å². The molecule has 1 rings (SSSR count). The highest BCUT2D eigenvalue weighted by Gasteiger charge is 2.25. The molecule has 1 saturated carbocycles. The van der Waals surface area contributed by atoms with Crippen LogP contribution in [-0.2, 0) is 4.79 Å². The van der Waals surface area contributed by atoms with Gasteiger partial charge in [0.05, 0.1) is 0 Å². The number of carboxylic acid groups (broad SMARTS) is 1. The van der Waals surface area contributed by atoms with Gasteiger partial charge in [0.25, 0.3) is 0 Å². The third-order valence-electron chi connectivity index (χ3n) is 2.93. The molecule has 0 saturated heterocycles. The lowest BCUT2D eigenvalue weighted by atomic mass is 9.80. The lowest BCUT2D eigenvalue weighted by Gasteiger charge is -2.32. The molecule has 1 fully saturated rings. The van der Waals surface area contributed by atoms with E-state index in [1.807, 2.05) is 6.92 Å². The Morgan fingerprint density at radius 3 is 2.27 bits per heavy atom. The van der Waals surface area contributed by atoms with Crippen LogP contribution < -0.4 is 10.6 Å². The molecule has 0 aromatic carbocycles. The van der Waals surface area contributed by atoms with E-state index in [-0.39, 0.29) is 6.04 Å². The van der Waals surface area contributed by atoms with Crippen molar-refractivity contribution in [3.05, 3.63) is 0 Å². The van der Waals surface area contributed by atoms with Gasteiger partial charge in [0.2, 0.25) is 0 Å². The van der Waals surface area contributed by atoms with Gasteiger partial charge in [-0.3, -0.25) is 4.79 Å². The fourth-order valence-electron chi connectivity index (χ4n) is 1.56. The fraction of sp³-hybridized carbons (Fsp3) is 0.800. The number of carbonyl (C=O) groups is 2. The summed E-state index contributed by atoms with van der Waals surface area (Å²) in [5.74, 6) is -0.475. The van der Waals surface area contributed by atoms with Crippen molar-refractivity contribution in [3.8, 4) is 0 Å². The molecule has 2 amide bonds. The number of rotatable bonds is 4. The van der Waals surface area contributed by atoms with Crippen LogP contribution in [0.1, 0.15) is 33.1 Å². The van der Waals surface area contributed by atoms with E-state index in [1.54, 1.807) is 0 Å². The maximum atomic E-state index is 11.3. The SMILES string of the molecule is CC(NC(=O)NC(C)C1CCC1)C(=O)O. The average molecular weight is 214 g/mol. The first kappa shape index (κ1) is 11.8. The van der Waals surface area contributed by atoms with Crippen molar-refractivity contribution in [2.24, 2.45) is 5.92 Å². The number of carbonyl (C=O) groups excluding carboxylic acids is 1. The van der Waals surface area contributed by atoms with Crippen LogP contribution in [0.4, 0.5) is 4.79 Å². The molecule has 0 spiro atoms. The van der Waals surface area contributed by atoms with Gasteiger partial charge in [-0.05, 0) is 32.6 Å². The van der Waals surface area contributed by atoms with Gasteiger partial charge >= 0.3 is 12.0 Å². The number of nitrogens with one attached hydrogen (secondary N) is 2. The van der Waals surface area contributed by atoms with Gasteiger partial charge in [0.15, 0.2) is 0 Å². The zero-order valence-corrected chi connectivity index (χ0v) is 9.12. The summed E-state index contributed by atoms with van der Waals surface area (Å²) in [6.45, 7) is 3.39. The first-order chi connectivity index (χ1) is 7.00. The number of urea groups is 1. The van der Waals surface area contributed by atoms with Crippen LogP contribution in [0, 0.1) is 5.92 Å². The lowest BCUT2D eigenvalue weighted by molar-refractivity contribution is -0.138. The normalized spacial score (nSPS) is 19.9. The van der Waals surface area contributed by atoms with Crippen molar-refractivity contribution in [2.45, 2.75) is 45.2 Å². The minimum Gasteiger partial charge on any atom is -0.480 e. The molecule has 1 aliphatic rings. The molecule has 0 aromatic heterocycles. The first-order valence-corrected chi connectivity index (χ1v) is 5.30. The molecule has 0 heterocycles. The Morgan fingerprint density at radius 2 is 1.87 bits per heavy atom. The third kappa shape index (κ3) is 3.42. The largest absolute Gasteiger partial charge is 0.480 e. The lowest BCUT2D eigenvalue weighted by Crippen LogP contribution is -2.49. The van der Waals surface area contributed by atoms with E-state index in [1.165, 1.54) is 13.3 Å². The summed E-state index contributed by atoms with van der Waals surface area (Å²) in [5.41, 5.74) is 0. The minimum atomic E-state index is -1.03. The quantitative estimate of drug-likeness (QED) is 0.652. The van der Waals surface area contributed by atoms with Crippen molar-refractivity contribution in [2.75, 3.05) is 0 Å². The molecule has 5 heteroatoms. The molecule has 0 aliphatic heterocycles. The maximum absolute atomic E-state index is 11.3. The number of carboxylic acids is 1. The van der Waals surface area contributed by atoms with E-state index in [0.717, 1.165) is 12.8 Å². The Kier molecular flexibility index (Phi) is 3.94. The van der Waals surface area contributed by atoms with Gasteiger partial charge in [-0.15, -0.1) is 0 Å². The first-order valence-electron chi connectivity index (χ1n) is 5.30. The van der Waals surface area contributed by atoms with Crippen LogP contribution in [0.2, 0.25) is 0 Å². The summed E-state index contributed by atoms with van der Waals surface area (Å²) in [7, 11) is 0. The minimum absolute atomic E-state index is 0.125. The van der Waals surface area contributed by atoms with Gasteiger partial charge in [-0.1, -0.05) is 6.42 Å². The molecule has 86 valence electrons. The van der Waals surface area contributed by atoms with Gasteiger partial charge < -0.3 is 15.7 Å². The standard InChI is InChI=1S/C10H18N2O3/c1-6(8-4-3-5-8)11-10(15)12-7(2)9(13)14/h6-8H,3-5H2,1-2H3,(H,13,14)(H2,11,12,15). The summed E-state index contributed by atoms with van der Waals surface area (Å²) in [5, 5.41) is 13.7. The predicted molar refractivity (Wildman–Crippen MR) is 55.6 cm³/mol. The number of aliphatic carboxylic acids is 1. The summed E-state index contributed by atoms with van der Waals surface area (Å²) >= 11 is 0. The Bertz CT molecular complexity index is 251. The molecule has 0 aromatic rings. The highest BCUT2D eigenvalue weighted by molar-refractivity contribution is 5.82. The highest BCUT2D eigenvalue weighted by atomic mass is 16.4.